The molecule has 43 heavy (non-hydrogen) atoms. The summed E-state index contributed by atoms with van der Waals surface area (Å²) < 4.78 is 51.4. The number of carbonyl (C=O) groups excluding carboxylic acids is 1. The van der Waals surface area contributed by atoms with Crippen molar-refractivity contribution in [2.24, 2.45) is 0 Å². The van der Waals surface area contributed by atoms with Crippen LogP contribution in [0, 0.1) is 18.2 Å². The van der Waals surface area contributed by atoms with Gasteiger partial charge in [0.15, 0.2) is 11.6 Å². The first kappa shape index (κ1) is 28.8. The number of likely N-dealkylation sites (N-methyl/N-ethyl adjacent to an activating group) is 1. The van der Waals surface area contributed by atoms with E-state index in [1.807, 2.05) is 7.05 Å². The second-order valence-electron chi connectivity index (χ2n) is 10.7. The molecule has 0 saturated carbocycles. The highest BCUT2D eigenvalue weighted by atomic mass is 32.1. The number of thiophene rings is 1. The summed E-state index contributed by atoms with van der Waals surface area (Å²) in [6.07, 6.45) is 3.44. The molecule has 4 aromatic rings. The lowest BCUT2D eigenvalue weighted by Crippen LogP contribution is -2.56. The molecular weight excluding hydrogens is 579 g/mol. The van der Waals surface area contributed by atoms with Gasteiger partial charge in [0.25, 0.3) is 5.91 Å². The van der Waals surface area contributed by atoms with E-state index in [0.29, 0.717) is 33.5 Å². The van der Waals surface area contributed by atoms with E-state index < -0.39 is 29.4 Å². The van der Waals surface area contributed by atoms with Crippen molar-refractivity contribution in [3.8, 4) is 17.3 Å². The number of ether oxygens (including phenoxy) is 1. The fourth-order valence-corrected chi connectivity index (χ4v) is 6.73. The molecule has 2 atom stereocenters. The molecule has 3 aromatic heterocycles. The highest BCUT2D eigenvalue weighted by molar-refractivity contribution is 7.17. The Morgan fingerprint density at radius 1 is 1.23 bits per heavy atom. The third-order valence-electron chi connectivity index (χ3n) is 8.07. The van der Waals surface area contributed by atoms with E-state index >= 15 is 4.39 Å². The maximum atomic E-state index is 16.4. The number of benzene rings is 1. The molecule has 9 nitrogen and oxygen atoms in total. The molecule has 0 bridgehead atoms. The van der Waals surface area contributed by atoms with Crippen LogP contribution in [-0.4, -0.2) is 89.1 Å². The molecule has 0 N–H and O–H groups in total. The van der Waals surface area contributed by atoms with Crippen molar-refractivity contribution >= 4 is 44.1 Å². The molecule has 0 aliphatic carbocycles. The zero-order chi connectivity index (χ0) is 30.2. The molecule has 2 aliphatic heterocycles. The van der Waals surface area contributed by atoms with E-state index in [-0.39, 0.29) is 49.4 Å². The van der Waals surface area contributed by atoms with Crippen molar-refractivity contribution < 1.29 is 22.7 Å². The minimum atomic E-state index is -1.10. The molecular formula is C30H28F3N7O2S. The molecule has 5 heterocycles. The first-order valence-corrected chi connectivity index (χ1v) is 14.7. The summed E-state index contributed by atoms with van der Waals surface area (Å²) in [5.74, 6) is -2.90. The van der Waals surface area contributed by atoms with E-state index in [4.69, 9.17) is 11.3 Å². The van der Waals surface area contributed by atoms with E-state index in [0.717, 1.165) is 19.4 Å². The Hall–Kier alpha value is -4.28. The second-order valence-corrected chi connectivity index (χ2v) is 11.7. The number of amides is 1. The van der Waals surface area contributed by atoms with Crippen LogP contribution in [0.5, 0.6) is 6.01 Å². The zero-order valence-electron chi connectivity index (χ0n) is 23.4. The molecule has 2 saturated heterocycles. The number of anilines is 1. The van der Waals surface area contributed by atoms with Crippen molar-refractivity contribution in [1.82, 2.24) is 24.8 Å². The summed E-state index contributed by atoms with van der Waals surface area (Å²) in [4.78, 5) is 34.7. The summed E-state index contributed by atoms with van der Waals surface area (Å²) in [5, 5.41) is 2.74. The van der Waals surface area contributed by atoms with Gasteiger partial charge in [0.05, 0.1) is 5.39 Å². The van der Waals surface area contributed by atoms with Crippen LogP contribution in [0.3, 0.4) is 0 Å². The third-order valence-corrected chi connectivity index (χ3v) is 9.03. The average molecular weight is 608 g/mol. The van der Waals surface area contributed by atoms with Crippen molar-refractivity contribution in [1.29, 1.82) is 0 Å². The summed E-state index contributed by atoms with van der Waals surface area (Å²) >= 11 is 1.36. The van der Waals surface area contributed by atoms with Crippen molar-refractivity contribution in [3.63, 3.8) is 0 Å². The van der Waals surface area contributed by atoms with Crippen LogP contribution in [0.25, 0.3) is 37.1 Å². The number of aromatic nitrogens is 3. The van der Waals surface area contributed by atoms with Crippen LogP contribution in [0.4, 0.5) is 19.0 Å². The van der Waals surface area contributed by atoms with Crippen molar-refractivity contribution in [2.75, 3.05) is 51.3 Å². The second kappa shape index (κ2) is 11.8. The van der Waals surface area contributed by atoms with Gasteiger partial charge in [0, 0.05) is 42.1 Å². The lowest BCUT2D eigenvalue weighted by atomic mass is 10.1. The molecule has 1 aromatic carbocycles. The zero-order valence-corrected chi connectivity index (χ0v) is 24.2. The first-order valence-electron chi connectivity index (χ1n) is 13.8. The summed E-state index contributed by atoms with van der Waals surface area (Å²) in [6.45, 7) is 12.2. The minimum absolute atomic E-state index is 0.0308. The summed E-state index contributed by atoms with van der Waals surface area (Å²) in [5.41, 5.74) is 0.222. The Kier molecular flexibility index (Phi) is 7.89. The van der Waals surface area contributed by atoms with Gasteiger partial charge in [-0.15, -0.1) is 11.3 Å². The SMILES string of the molecule is [C-]#[N+]C[C@H]1CN(c2nc(OC[C@@H]3CCCN3C)nc3c(F)c(-c4cc(F)cc5ccsc45)ncc23)CCN1C(=O)C(=C)F. The Bertz CT molecular complexity index is 1770. The number of likely N-dealkylation sites (tertiary alicyclic amines) is 1. The van der Waals surface area contributed by atoms with Crippen LogP contribution < -0.4 is 9.64 Å². The molecule has 2 aliphatic rings. The number of piperazine rings is 1. The fourth-order valence-electron chi connectivity index (χ4n) is 5.83. The van der Waals surface area contributed by atoms with Crippen LogP contribution in [0.15, 0.2) is 42.2 Å². The predicted octanol–water partition coefficient (Wildman–Crippen LogP) is 5.08. The van der Waals surface area contributed by atoms with Crippen LogP contribution in [0.2, 0.25) is 0 Å². The van der Waals surface area contributed by atoms with Crippen LogP contribution >= 0.6 is 11.3 Å². The van der Waals surface area contributed by atoms with Crippen molar-refractivity contribution in [2.45, 2.75) is 24.9 Å². The average Bonchev–Trinajstić information content (AvgIpc) is 3.64. The van der Waals surface area contributed by atoms with Crippen LogP contribution in [0.1, 0.15) is 12.8 Å². The van der Waals surface area contributed by atoms with E-state index in [1.165, 1.54) is 34.6 Å². The molecule has 0 spiro atoms. The van der Waals surface area contributed by atoms with Gasteiger partial charge in [0.2, 0.25) is 6.54 Å². The molecule has 1 amide bonds. The minimum Gasteiger partial charge on any atom is -0.462 e. The maximum absolute atomic E-state index is 16.4. The molecule has 0 unspecified atom stereocenters. The number of hydrogen-bond acceptors (Lipinski definition) is 8. The number of rotatable bonds is 7. The predicted molar refractivity (Wildman–Crippen MR) is 159 cm³/mol. The fraction of sp³-hybridized carbons (Fsp3) is 0.367. The Balaban J connectivity index is 1.44. The summed E-state index contributed by atoms with van der Waals surface area (Å²) in [6, 6.07) is 3.89. The lowest BCUT2D eigenvalue weighted by Gasteiger charge is -2.39. The van der Waals surface area contributed by atoms with Gasteiger partial charge in [-0.05, 0) is 55.4 Å². The van der Waals surface area contributed by atoms with E-state index in [2.05, 4.69) is 31.3 Å². The van der Waals surface area contributed by atoms with Gasteiger partial charge in [-0.3, -0.25) is 9.78 Å². The Labute approximate surface area is 250 Å². The van der Waals surface area contributed by atoms with E-state index in [1.54, 1.807) is 16.3 Å². The molecule has 222 valence electrons. The topological polar surface area (TPSA) is 79.1 Å². The number of carbonyl (C=O) groups is 1. The summed E-state index contributed by atoms with van der Waals surface area (Å²) in [7, 11) is 2.01. The number of nitrogens with zero attached hydrogens (tertiary/aromatic N) is 7. The molecule has 0 radical (unpaired) electrons. The number of pyridine rings is 1. The standard InChI is InChI=1S/C30H28F3N7O2S/c1-17(31)29(41)40-9-8-39(15-21(40)13-34-2)28-23-14-35-25(22-12-19(32)11-18-6-10-43-27(18)22)24(33)26(23)36-30(37-28)42-16-20-5-4-7-38(20)3/h6,10-12,14,20-21H,1,4-5,7-9,13,15-16H2,3H3/t20-,21-/m0/s1. The van der Waals surface area contributed by atoms with Gasteiger partial charge < -0.3 is 24.3 Å². The molecule has 2 fully saturated rings. The monoisotopic (exact) mass is 607 g/mol. The van der Waals surface area contributed by atoms with Gasteiger partial charge in [-0.2, -0.15) is 9.97 Å². The largest absolute Gasteiger partial charge is 0.462 e. The van der Waals surface area contributed by atoms with Gasteiger partial charge >= 0.3 is 6.01 Å². The maximum Gasteiger partial charge on any atom is 0.319 e. The van der Waals surface area contributed by atoms with Gasteiger partial charge in [-0.1, -0.05) is 6.58 Å². The highest BCUT2D eigenvalue weighted by Crippen LogP contribution is 2.37. The first-order chi connectivity index (χ1) is 20.7. The number of hydrogen-bond donors (Lipinski definition) is 0. The van der Waals surface area contributed by atoms with E-state index in [9.17, 15) is 13.6 Å². The Morgan fingerprint density at radius 2 is 2.07 bits per heavy atom. The normalized spacial score (nSPS) is 19.2. The molecule has 6 rings (SSSR count). The lowest BCUT2D eigenvalue weighted by molar-refractivity contribution is -0.131. The third kappa shape index (κ3) is 5.48. The van der Waals surface area contributed by atoms with Gasteiger partial charge in [0.1, 0.15) is 35.5 Å². The number of fused-ring (bicyclic) bond motifs is 2. The van der Waals surface area contributed by atoms with Crippen molar-refractivity contribution in [3.05, 3.63) is 65.2 Å². The molecule has 13 heteroatoms. The number of halogens is 3. The Morgan fingerprint density at radius 3 is 2.81 bits per heavy atom. The van der Waals surface area contributed by atoms with Gasteiger partial charge in [-0.25, -0.2) is 19.7 Å². The van der Waals surface area contributed by atoms with Crippen LogP contribution in [-0.2, 0) is 4.79 Å². The highest BCUT2D eigenvalue weighted by Gasteiger charge is 2.35. The smallest absolute Gasteiger partial charge is 0.319 e. The quantitative estimate of drug-likeness (QED) is 0.214.